The average molecular weight is 209 g/mol. The Labute approximate surface area is 90.7 Å². The fourth-order valence-electron chi connectivity index (χ4n) is 1.36. The number of imidazole rings is 1. The standard InChI is InChI=1S/C11H19N3O/c1-4-6-14-7-5-12-11(14)10(15)8-13-9(2)3/h5,7,9,13H,4,6,8H2,1-3H3. The average Bonchev–Trinajstić information content (AvgIpc) is 2.63. The maximum absolute atomic E-state index is 11.8. The van der Waals surface area contributed by atoms with Gasteiger partial charge in [-0.25, -0.2) is 4.98 Å². The highest BCUT2D eigenvalue weighted by Crippen LogP contribution is 2.00. The number of rotatable bonds is 6. The molecule has 0 bridgehead atoms. The normalized spacial score (nSPS) is 10.9. The van der Waals surface area contributed by atoms with Gasteiger partial charge in [0.15, 0.2) is 5.82 Å². The molecule has 0 fully saturated rings. The van der Waals surface area contributed by atoms with Gasteiger partial charge in [-0.15, -0.1) is 0 Å². The number of aromatic nitrogens is 2. The van der Waals surface area contributed by atoms with Crippen LogP contribution in [0.5, 0.6) is 0 Å². The molecule has 0 radical (unpaired) electrons. The van der Waals surface area contributed by atoms with E-state index in [0.717, 1.165) is 13.0 Å². The minimum atomic E-state index is 0.0575. The van der Waals surface area contributed by atoms with Crippen LogP contribution in [-0.2, 0) is 6.54 Å². The van der Waals surface area contributed by atoms with E-state index in [1.54, 1.807) is 6.20 Å². The molecule has 1 heterocycles. The Morgan fingerprint density at radius 2 is 2.33 bits per heavy atom. The Bertz CT molecular complexity index is 317. The fourth-order valence-corrected chi connectivity index (χ4v) is 1.36. The first-order valence-corrected chi connectivity index (χ1v) is 5.42. The van der Waals surface area contributed by atoms with Gasteiger partial charge in [-0.2, -0.15) is 0 Å². The Hall–Kier alpha value is -1.16. The van der Waals surface area contributed by atoms with Crippen LogP contribution < -0.4 is 5.32 Å². The number of carbonyl (C=O) groups excluding carboxylic acids is 1. The molecule has 4 nitrogen and oxygen atoms in total. The second-order valence-electron chi connectivity index (χ2n) is 3.90. The summed E-state index contributed by atoms with van der Waals surface area (Å²) >= 11 is 0. The van der Waals surface area contributed by atoms with E-state index in [2.05, 4.69) is 17.2 Å². The molecule has 0 amide bonds. The van der Waals surface area contributed by atoms with Crippen LogP contribution in [0.2, 0.25) is 0 Å². The topological polar surface area (TPSA) is 46.9 Å². The van der Waals surface area contributed by atoms with Gasteiger partial charge in [0.1, 0.15) is 0 Å². The van der Waals surface area contributed by atoms with Crippen molar-refractivity contribution in [3.05, 3.63) is 18.2 Å². The molecule has 1 aromatic rings. The Morgan fingerprint density at radius 1 is 1.60 bits per heavy atom. The minimum absolute atomic E-state index is 0.0575. The van der Waals surface area contributed by atoms with Crippen molar-refractivity contribution in [1.29, 1.82) is 0 Å². The second-order valence-corrected chi connectivity index (χ2v) is 3.90. The predicted molar refractivity (Wildman–Crippen MR) is 60.0 cm³/mol. The Morgan fingerprint density at radius 3 is 2.93 bits per heavy atom. The van der Waals surface area contributed by atoms with Gasteiger partial charge in [-0.05, 0) is 6.42 Å². The lowest BCUT2D eigenvalue weighted by atomic mass is 10.3. The Kier molecular flexibility index (Phi) is 4.49. The summed E-state index contributed by atoms with van der Waals surface area (Å²) in [6.45, 7) is 7.33. The highest BCUT2D eigenvalue weighted by molar-refractivity contribution is 5.94. The first-order chi connectivity index (χ1) is 7.15. The van der Waals surface area contributed by atoms with E-state index in [1.165, 1.54) is 0 Å². The van der Waals surface area contributed by atoms with Crippen molar-refractivity contribution in [3.63, 3.8) is 0 Å². The van der Waals surface area contributed by atoms with Crippen LogP contribution in [0.3, 0.4) is 0 Å². The molecule has 1 rings (SSSR count). The smallest absolute Gasteiger partial charge is 0.211 e. The number of nitrogens with one attached hydrogen (secondary N) is 1. The van der Waals surface area contributed by atoms with Crippen LogP contribution in [0.15, 0.2) is 12.4 Å². The van der Waals surface area contributed by atoms with Crippen molar-refractivity contribution in [1.82, 2.24) is 14.9 Å². The molecule has 1 aromatic heterocycles. The van der Waals surface area contributed by atoms with Gasteiger partial charge >= 0.3 is 0 Å². The monoisotopic (exact) mass is 209 g/mol. The van der Waals surface area contributed by atoms with Crippen LogP contribution in [0, 0.1) is 0 Å². The number of hydrogen-bond donors (Lipinski definition) is 1. The zero-order valence-electron chi connectivity index (χ0n) is 9.66. The Balaban J connectivity index is 2.60. The van der Waals surface area contributed by atoms with Crippen molar-refractivity contribution < 1.29 is 4.79 Å². The van der Waals surface area contributed by atoms with Crippen molar-refractivity contribution in [2.45, 2.75) is 39.8 Å². The van der Waals surface area contributed by atoms with Gasteiger partial charge in [0.25, 0.3) is 0 Å². The molecule has 1 N–H and O–H groups in total. The molecule has 4 heteroatoms. The number of hydrogen-bond acceptors (Lipinski definition) is 3. The molecule has 0 aliphatic heterocycles. The molecule has 0 saturated heterocycles. The van der Waals surface area contributed by atoms with E-state index in [1.807, 2.05) is 24.6 Å². The van der Waals surface area contributed by atoms with E-state index < -0.39 is 0 Å². The quantitative estimate of drug-likeness (QED) is 0.722. The lowest BCUT2D eigenvalue weighted by molar-refractivity contribution is 0.0974. The van der Waals surface area contributed by atoms with Gasteiger partial charge in [-0.1, -0.05) is 20.8 Å². The molecule has 0 aliphatic rings. The predicted octanol–water partition coefficient (Wildman–Crippen LogP) is 1.47. The number of Topliss-reactive ketones (excluding diaryl/α,β-unsaturated/α-hetero) is 1. The SMILES string of the molecule is CCCn1ccnc1C(=O)CNC(C)C. The lowest BCUT2D eigenvalue weighted by Crippen LogP contribution is -2.30. The molecule has 0 spiro atoms. The van der Waals surface area contributed by atoms with Crippen LogP contribution in [0.4, 0.5) is 0 Å². The zero-order valence-corrected chi connectivity index (χ0v) is 9.66. The third-order valence-electron chi connectivity index (χ3n) is 2.10. The van der Waals surface area contributed by atoms with E-state index >= 15 is 0 Å². The second kappa shape index (κ2) is 5.66. The van der Waals surface area contributed by atoms with E-state index in [4.69, 9.17) is 0 Å². The van der Waals surface area contributed by atoms with E-state index in [0.29, 0.717) is 18.4 Å². The van der Waals surface area contributed by atoms with Crippen molar-refractivity contribution in [3.8, 4) is 0 Å². The van der Waals surface area contributed by atoms with Crippen LogP contribution >= 0.6 is 0 Å². The summed E-state index contributed by atoms with van der Waals surface area (Å²) in [5.74, 6) is 0.618. The first kappa shape index (κ1) is 11.9. The van der Waals surface area contributed by atoms with Crippen LogP contribution in [-0.4, -0.2) is 27.9 Å². The minimum Gasteiger partial charge on any atom is -0.328 e. The molecule has 15 heavy (non-hydrogen) atoms. The van der Waals surface area contributed by atoms with Gasteiger partial charge in [0, 0.05) is 25.0 Å². The highest BCUT2D eigenvalue weighted by Gasteiger charge is 2.11. The van der Waals surface area contributed by atoms with Crippen LogP contribution in [0.1, 0.15) is 37.8 Å². The van der Waals surface area contributed by atoms with Crippen molar-refractivity contribution in [2.24, 2.45) is 0 Å². The summed E-state index contributed by atoms with van der Waals surface area (Å²) in [6, 6.07) is 0.323. The molecule has 0 atom stereocenters. The number of aryl methyl sites for hydroxylation is 1. The summed E-state index contributed by atoms with van der Waals surface area (Å²) in [7, 11) is 0. The highest BCUT2D eigenvalue weighted by atomic mass is 16.1. The van der Waals surface area contributed by atoms with Crippen molar-refractivity contribution >= 4 is 5.78 Å². The van der Waals surface area contributed by atoms with Gasteiger partial charge in [0.2, 0.25) is 5.78 Å². The molecule has 0 aromatic carbocycles. The molecular weight excluding hydrogens is 190 g/mol. The van der Waals surface area contributed by atoms with Gasteiger partial charge < -0.3 is 9.88 Å². The molecule has 84 valence electrons. The van der Waals surface area contributed by atoms with Gasteiger partial charge in [-0.3, -0.25) is 4.79 Å². The largest absolute Gasteiger partial charge is 0.328 e. The van der Waals surface area contributed by atoms with E-state index in [9.17, 15) is 4.79 Å². The van der Waals surface area contributed by atoms with Crippen LogP contribution in [0.25, 0.3) is 0 Å². The van der Waals surface area contributed by atoms with Gasteiger partial charge in [0.05, 0.1) is 6.54 Å². The maximum atomic E-state index is 11.8. The first-order valence-electron chi connectivity index (χ1n) is 5.42. The summed E-state index contributed by atoms with van der Waals surface area (Å²) < 4.78 is 1.91. The summed E-state index contributed by atoms with van der Waals surface area (Å²) in [6.07, 6.45) is 4.54. The summed E-state index contributed by atoms with van der Waals surface area (Å²) in [5, 5.41) is 3.10. The zero-order chi connectivity index (χ0) is 11.3. The molecular formula is C11H19N3O. The molecule has 0 aliphatic carbocycles. The maximum Gasteiger partial charge on any atom is 0.211 e. The molecule has 0 unspecified atom stereocenters. The number of ketones is 1. The third kappa shape index (κ3) is 3.47. The number of nitrogens with zero attached hydrogens (tertiary/aromatic N) is 2. The summed E-state index contributed by atoms with van der Waals surface area (Å²) in [5.41, 5.74) is 0. The fraction of sp³-hybridized carbons (Fsp3) is 0.636. The lowest BCUT2D eigenvalue weighted by Gasteiger charge is -2.08. The number of carbonyl (C=O) groups is 1. The third-order valence-corrected chi connectivity index (χ3v) is 2.10. The van der Waals surface area contributed by atoms with Crippen molar-refractivity contribution in [2.75, 3.05) is 6.54 Å². The van der Waals surface area contributed by atoms with E-state index in [-0.39, 0.29) is 5.78 Å². The molecule has 0 saturated carbocycles. The summed E-state index contributed by atoms with van der Waals surface area (Å²) in [4.78, 5) is 15.8.